The van der Waals surface area contributed by atoms with Gasteiger partial charge in [-0.3, -0.25) is 14.4 Å². The molecule has 7 nitrogen and oxygen atoms in total. The molecule has 5 atom stereocenters. The normalized spacial score (nSPS) is 25.3. The Bertz CT molecular complexity index is 1120. The second kappa shape index (κ2) is 10.4. The van der Waals surface area contributed by atoms with E-state index in [1.54, 1.807) is 6.92 Å². The highest BCUT2D eigenvalue weighted by atomic mass is 32.2. The van der Waals surface area contributed by atoms with Gasteiger partial charge in [-0.2, -0.15) is 0 Å². The molecule has 2 aliphatic rings. The quantitative estimate of drug-likeness (QED) is 0.555. The molecule has 1 aromatic carbocycles. The van der Waals surface area contributed by atoms with Crippen molar-refractivity contribution in [2.75, 3.05) is 5.32 Å². The highest BCUT2D eigenvalue weighted by Gasteiger charge is 2.55. The van der Waals surface area contributed by atoms with Gasteiger partial charge in [-0.15, -0.1) is 0 Å². The number of halogens is 1. The van der Waals surface area contributed by atoms with Crippen molar-refractivity contribution in [2.24, 2.45) is 29.4 Å². The van der Waals surface area contributed by atoms with Crippen LogP contribution in [0.2, 0.25) is 0 Å². The molecule has 2 aliphatic carbocycles. The number of primary amides is 1. The summed E-state index contributed by atoms with van der Waals surface area (Å²) in [5.41, 5.74) is 7.66. The number of amides is 1. The molecule has 0 saturated heterocycles. The van der Waals surface area contributed by atoms with Gasteiger partial charge in [-0.05, 0) is 54.7 Å². The minimum Gasteiger partial charge on any atom is -0.369 e. The number of carbonyl (C=O) groups excluding carboxylic acids is 3. The van der Waals surface area contributed by atoms with E-state index in [-0.39, 0.29) is 63.1 Å². The average molecular weight is 503 g/mol. The van der Waals surface area contributed by atoms with Gasteiger partial charge >= 0.3 is 0 Å². The minimum atomic E-state index is -0.529. The Labute approximate surface area is 206 Å². The Kier molecular flexibility index (Phi) is 7.57. The zero-order chi connectivity index (χ0) is 24.4. The molecule has 2 saturated carbocycles. The lowest BCUT2D eigenvalue weighted by atomic mass is 9.76. The summed E-state index contributed by atoms with van der Waals surface area (Å²) in [6.07, 6.45) is 3.01. The number of nitrogens with one attached hydrogen (secondary N) is 1. The van der Waals surface area contributed by atoms with Crippen LogP contribution in [-0.2, 0) is 26.6 Å². The standard InChI is InChI=1S/C24H27FN4O3S2/c1-12(30)33-11-14-4-3-5-16(6-14)28-24-27-10-19(25)20(29-24)9-18-17-7-15(22(18)23(26)32)8-21(17)34-13(2)31/h3-6,10,15,17-18,21-22H,7-9,11H2,1-2H3,(H2,26,32)(H,27,28,29)/t15-,17+,18-,21-,22+/m1/s1. The van der Waals surface area contributed by atoms with Crippen LogP contribution in [0.25, 0.3) is 0 Å². The first kappa shape index (κ1) is 24.7. The molecule has 0 radical (unpaired) electrons. The van der Waals surface area contributed by atoms with Gasteiger partial charge in [0.1, 0.15) is 0 Å². The van der Waals surface area contributed by atoms with Gasteiger partial charge in [0.2, 0.25) is 11.9 Å². The van der Waals surface area contributed by atoms with E-state index in [0.717, 1.165) is 30.3 Å². The van der Waals surface area contributed by atoms with Crippen LogP contribution in [0, 0.1) is 29.5 Å². The number of fused-ring (bicyclic) bond motifs is 2. The highest BCUT2D eigenvalue weighted by Crippen LogP contribution is 2.56. The summed E-state index contributed by atoms with van der Waals surface area (Å²) in [6, 6.07) is 7.52. The monoisotopic (exact) mass is 502 g/mol. The van der Waals surface area contributed by atoms with Crippen LogP contribution in [0.5, 0.6) is 0 Å². The van der Waals surface area contributed by atoms with E-state index >= 15 is 0 Å². The zero-order valence-electron chi connectivity index (χ0n) is 19.0. The molecule has 180 valence electrons. The summed E-state index contributed by atoms with van der Waals surface area (Å²) in [4.78, 5) is 43.6. The van der Waals surface area contributed by atoms with Gasteiger partial charge < -0.3 is 11.1 Å². The van der Waals surface area contributed by atoms with Gasteiger partial charge in [0.05, 0.1) is 11.9 Å². The molecule has 2 aromatic rings. The molecule has 1 aromatic heterocycles. The number of thioether (sulfide) groups is 2. The fourth-order valence-corrected chi connectivity index (χ4v) is 7.19. The summed E-state index contributed by atoms with van der Waals surface area (Å²) in [7, 11) is 0. The summed E-state index contributed by atoms with van der Waals surface area (Å²) >= 11 is 2.54. The van der Waals surface area contributed by atoms with E-state index in [4.69, 9.17) is 5.73 Å². The predicted octanol–water partition coefficient (Wildman–Crippen LogP) is 4.09. The van der Waals surface area contributed by atoms with Crippen molar-refractivity contribution < 1.29 is 18.8 Å². The molecule has 1 heterocycles. The number of nitrogens with zero attached hydrogens (tertiary/aromatic N) is 2. The second-order valence-electron chi connectivity index (χ2n) is 8.93. The molecule has 0 spiro atoms. The first-order valence-corrected chi connectivity index (χ1v) is 13.0. The number of aromatic nitrogens is 2. The van der Waals surface area contributed by atoms with Crippen molar-refractivity contribution in [3.63, 3.8) is 0 Å². The molecule has 1 amide bonds. The van der Waals surface area contributed by atoms with E-state index in [2.05, 4.69) is 15.3 Å². The van der Waals surface area contributed by atoms with Crippen LogP contribution in [-0.4, -0.2) is 31.4 Å². The Morgan fingerprint density at radius 2 is 2.00 bits per heavy atom. The molecule has 3 N–H and O–H groups in total. The lowest BCUT2D eigenvalue weighted by Gasteiger charge is -2.33. The number of carbonyl (C=O) groups is 3. The largest absolute Gasteiger partial charge is 0.369 e. The number of nitrogens with two attached hydrogens (primary N) is 1. The van der Waals surface area contributed by atoms with Crippen LogP contribution < -0.4 is 11.1 Å². The van der Waals surface area contributed by atoms with Crippen molar-refractivity contribution >= 4 is 51.3 Å². The summed E-state index contributed by atoms with van der Waals surface area (Å²) < 4.78 is 14.7. The second-order valence-corrected chi connectivity index (χ2v) is 11.5. The Morgan fingerprint density at radius 3 is 2.71 bits per heavy atom. The van der Waals surface area contributed by atoms with Crippen molar-refractivity contribution in [3.8, 4) is 0 Å². The molecular formula is C24H27FN4O3S2. The fraction of sp³-hybridized carbons (Fsp3) is 0.458. The molecule has 2 fully saturated rings. The van der Waals surface area contributed by atoms with Gasteiger partial charge in [0.15, 0.2) is 16.0 Å². The first-order valence-electron chi connectivity index (χ1n) is 11.2. The van der Waals surface area contributed by atoms with E-state index in [9.17, 15) is 18.8 Å². The van der Waals surface area contributed by atoms with Gasteiger partial charge in [-0.25, -0.2) is 14.4 Å². The van der Waals surface area contributed by atoms with Crippen LogP contribution in [0.15, 0.2) is 30.5 Å². The third-order valence-electron chi connectivity index (χ3n) is 6.62. The predicted molar refractivity (Wildman–Crippen MR) is 132 cm³/mol. The summed E-state index contributed by atoms with van der Waals surface area (Å²) in [6.45, 7) is 3.08. The summed E-state index contributed by atoms with van der Waals surface area (Å²) in [5, 5.41) is 3.33. The third-order valence-corrected chi connectivity index (χ3v) is 8.68. The molecule has 34 heavy (non-hydrogen) atoms. The molecule has 2 bridgehead atoms. The van der Waals surface area contributed by atoms with Crippen LogP contribution in [0.1, 0.15) is 37.9 Å². The topological polar surface area (TPSA) is 115 Å². The van der Waals surface area contributed by atoms with E-state index in [0.29, 0.717) is 5.75 Å². The van der Waals surface area contributed by atoms with Crippen molar-refractivity contribution in [2.45, 2.75) is 44.1 Å². The molecular weight excluding hydrogens is 475 g/mol. The minimum absolute atomic E-state index is 0.0451. The molecule has 0 unspecified atom stereocenters. The third kappa shape index (κ3) is 5.60. The lowest BCUT2D eigenvalue weighted by Crippen LogP contribution is -2.39. The number of rotatable bonds is 8. The number of anilines is 2. The number of benzene rings is 1. The van der Waals surface area contributed by atoms with Gasteiger partial charge in [-0.1, -0.05) is 35.7 Å². The highest BCUT2D eigenvalue weighted by molar-refractivity contribution is 8.14. The van der Waals surface area contributed by atoms with E-state index in [1.165, 1.54) is 30.4 Å². The molecule has 10 heteroatoms. The average Bonchev–Trinajstić information content (AvgIpc) is 3.32. The maximum Gasteiger partial charge on any atom is 0.227 e. The molecule has 0 aliphatic heterocycles. The SMILES string of the molecule is CC(=O)SCc1cccc(Nc2ncc(F)c(C[C@@H]3[C@@H]4C[C@H](C[C@H]4SC(C)=O)[C@@H]3C(N)=O)n2)c1. The molecule has 4 rings (SSSR count). The summed E-state index contributed by atoms with van der Waals surface area (Å²) in [5.74, 6) is -0.331. The van der Waals surface area contributed by atoms with Crippen LogP contribution in [0.3, 0.4) is 0 Å². The van der Waals surface area contributed by atoms with Crippen molar-refractivity contribution in [1.29, 1.82) is 0 Å². The zero-order valence-corrected chi connectivity index (χ0v) is 20.6. The number of hydrogen-bond donors (Lipinski definition) is 2. The van der Waals surface area contributed by atoms with Crippen LogP contribution >= 0.6 is 23.5 Å². The van der Waals surface area contributed by atoms with Gasteiger partial charge in [0, 0.05) is 36.5 Å². The van der Waals surface area contributed by atoms with Crippen LogP contribution in [0.4, 0.5) is 16.0 Å². The Hall–Kier alpha value is -2.46. The van der Waals surface area contributed by atoms with Gasteiger partial charge in [0.25, 0.3) is 0 Å². The maximum atomic E-state index is 14.7. The van der Waals surface area contributed by atoms with Crippen molar-refractivity contribution in [1.82, 2.24) is 9.97 Å². The Morgan fingerprint density at radius 1 is 1.21 bits per heavy atom. The smallest absolute Gasteiger partial charge is 0.227 e. The maximum absolute atomic E-state index is 14.7. The first-order chi connectivity index (χ1) is 16.2. The van der Waals surface area contributed by atoms with E-state index < -0.39 is 5.82 Å². The number of hydrogen-bond acceptors (Lipinski definition) is 8. The van der Waals surface area contributed by atoms with E-state index in [1.807, 2.05) is 24.3 Å². The van der Waals surface area contributed by atoms with Crippen molar-refractivity contribution in [3.05, 3.63) is 47.5 Å². The lowest BCUT2D eigenvalue weighted by molar-refractivity contribution is -0.125. The Balaban J connectivity index is 1.52. The fourth-order valence-electron chi connectivity index (χ4n) is 5.38.